The molecule has 0 atom stereocenters. The van der Waals surface area contributed by atoms with Crippen molar-refractivity contribution in [3.8, 4) is 5.75 Å². The monoisotopic (exact) mass is 410 g/mol. The quantitative estimate of drug-likeness (QED) is 0.570. The molecule has 2 amide bonds. The second-order valence-electron chi connectivity index (χ2n) is 6.52. The minimum Gasteiger partial charge on any atom is -0.507 e. The zero-order chi connectivity index (χ0) is 20.4. The van der Waals surface area contributed by atoms with Crippen LogP contribution in [0.1, 0.15) is 50.6 Å². The molecule has 0 spiro atoms. The number of carbonyl (C=O) groups excluding carboxylic acids is 2. The Kier molecular flexibility index (Phi) is 5.13. The Hall–Kier alpha value is -3.46. The third kappa shape index (κ3) is 3.77. The van der Waals surface area contributed by atoms with E-state index in [1.807, 2.05) is 0 Å². The first-order valence-electron chi connectivity index (χ1n) is 9.03. The normalized spacial score (nSPS) is 14.4. The Morgan fingerprint density at radius 1 is 1.24 bits per heavy atom. The zero-order valence-electron chi connectivity index (χ0n) is 15.6. The molecule has 0 radical (unpaired) electrons. The molecule has 2 heterocycles. The van der Waals surface area contributed by atoms with Crippen LogP contribution in [0.3, 0.4) is 0 Å². The molecule has 0 bridgehead atoms. The van der Waals surface area contributed by atoms with Gasteiger partial charge < -0.3 is 9.52 Å². The minimum absolute atomic E-state index is 0.116. The number of phenolic OH excluding ortho intramolecular Hbond substituents is 1. The summed E-state index contributed by atoms with van der Waals surface area (Å²) in [6.07, 6.45) is 3.73. The summed E-state index contributed by atoms with van der Waals surface area (Å²) in [4.78, 5) is 28.9. The molecular formula is C20H18N4O4S. The van der Waals surface area contributed by atoms with E-state index in [1.165, 1.54) is 23.5 Å². The van der Waals surface area contributed by atoms with Crippen molar-refractivity contribution in [1.29, 1.82) is 0 Å². The number of carbonyl (C=O) groups is 2. The number of amides is 2. The van der Waals surface area contributed by atoms with Crippen molar-refractivity contribution in [3.63, 3.8) is 0 Å². The number of benzene rings is 1. The average molecular weight is 410 g/mol. The highest BCUT2D eigenvalue weighted by molar-refractivity contribution is 7.13. The number of aryl methyl sites for hydroxylation is 1. The van der Waals surface area contributed by atoms with Gasteiger partial charge in [-0.3, -0.25) is 14.9 Å². The number of aromatic hydroxyl groups is 1. The number of rotatable bonds is 4. The maximum absolute atomic E-state index is 12.6. The van der Waals surface area contributed by atoms with E-state index in [0.717, 1.165) is 12.0 Å². The van der Waals surface area contributed by atoms with Gasteiger partial charge in [0.15, 0.2) is 10.9 Å². The summed E-state index contributed by atoms with van der Waals surface area (Å²) >= 11 is 1.32. The minimum atomic E-state index is -0.509. The van der Waals surface area contributed by atoms with Crippen LogP contribution in [0.5, 0.6) is 5.75 Å². The van der Waals surface area contributed by atoms with Gasteiger partial charge in [0, 0.05) is 29.1 Å². The van der Waals surface area contributed by atoms with Crippen LogP contribution >= 0.6 is 11.3 Å². The average Bonchev–Trinajstić information content (AvgIpc) is 3.34. The van der Waals surface area contributed by atoms with Gasteiger partial charge in [-0.25, -0.2) is 10.4 Å². The van der Waals surface area contributed by atoms with Crippen molar-refractivity contribution in [2.75, 3.05) is 5.32 Å². The number of phenols is 1. The fourth-order valence-electron chi connectivity index (χ4n) is 3.28. The topological polar surface area (TPSA) is 117 Å². The molecule has 29 heavy (non-hydrogen) atoms. The summed E-state index contributed by atoms with van der Waals surface area (Å²) in [5.41, 5.74) is 4.69. The molecule has 9 heteroatoms. The van der Waals surface area contributed by atoms with Gasteiger partial charge in [0.05, 0.1) is 11.3 Å². The number of furan rings is 1. The third-order valence-corrected chi connectivity index (χ3v) is 5.31. The van der Waals surface area contributed by atoms with Gasteiger partial charge in [0.25, 0.3) is 11.8 Å². The van der Waals surface area contributed by atoms with Gasteiger partial charge in [-0.15, -0.1) is 11.3 Å². The predicted octanol–water partition coefficient (Wildman–Crippen LogP) is 3.47. The van der Waals surface area contributed by atoms with Crippen LogP contribution in [-0.2, 0) is 6.42 Å². The Labute approximate surface area is 170 Å². The number of fused-ring (bicyclic) bond motifs is 1. The first-order valence-corrected chi connectivity index (χ1v) is 9.91. The smallest absolute Gasteiger partial charge is 0.293 e. The SMILES string of the molecule is Cc1c(C(=O)Nc2nccs2)oc2c1/C(=N/NC(=O)c1ccccc1O)CCC2. The van der Waals surface area contributed by atoms with E-state index in [9.17, 15) is 14.7 Å². The molecule has 148 valence electrons. The molecule has 3 aromatic rings. The second kappa shape index (κ2) is 7.88. The van der Waals surface area contributed by atoms with Crippen molar-refractivity contribution in [2.24, 2.45) is 5.10 Å². The molecule has 4 rings (SSSR count). The van der Waals surface area contributed by atoms with E-state index < -0.39 is 5.91 Å². The number of nitrogens with one attached hydrogen (secondary N) is 2. The lowest BCUT2D eigenvalue weighted by atomic mass is 9.93. The highest BCUT2D eigenvalue weighted by atomic mass is 32.1. The lowest BCUT2D eigenvalue weighted by molar-refractivity contribution is 0.0950. The summed E-state index contributed by atoms with van der Waals surface area (Å²) < 4.78 is 5.82. The van der Waals surface area contributed by atoms with Crippen LogP contribution in [0.2, 0.25) is 0 Å². The summed E-state index contributed by atoms with van der Waals surface area (Å²) in [6.45, 7) is 1.80. The number of para-hydroxylation sites is 1. The molecule has 2 aromatic heterocycles. The van der Waals surface area contributed by atoms with Gasteiger partial charge in [-0.1, -0.05) is 12.1 Å². The molecule has 0 unspecified atom stereocenters. The van der Waals surface area contributed by atoms with Gasteiger partial charge in [0.2, 0.25) is 0 Å². The van der Waals surface area contributed by atoms with Gasteiger partial charge in [-0.05, 0) is 31.9 Å². The Balaban J connectivity index is 1.58. The summed E-state index contributed by atoms with van der Waals surface area (Å²) in [7, 11) is 0. The van der Waals surface area contributed by atoms with Gasteiger partial charge in [-0.2, -0.15) is 5.10 Å². The summed E-state index contributed by atoms with van der Waals surface area (Å²) in [5, 5.41) is 19.1. The number of hydrazone groups is 1. The predicted molar refractivity (Wildman–Crippen MR) is 109 cm³/mol. The molecule has 0 fully saturated rings. The van der Waals surface area contributed by atoms with E-state index in [2.05, 4.69) is 20.8 Å². The second-order valence-corrected chi connectivity index (χ2v) is 7.41. The number of aromatic nitrogens is 1. The lowest BCUT2D eigenvalue weighted by Crippen LogP contribution is -2.22. The van der Waals surface area contributed by atoms with Crippen molar-refractivity contribution >= 4 is 34.0 Å². The van der Waals surface area contributed by atoms with Crippen LogP contribution in [-0.4, -0.2) is 27.6 Å². The molecule has 1 aromatic carbocycles. The van der Waals surface area contributed by atoms with E-state index in [1.54, 1.807) is 30.6 Å². The van der Waals surface area contributed by atoms with Gasteiger partial charge in [0.1, 0.15) is 11.5 Å². The molecule has 3 N–H and O–H groups in total. The molecule has 0 aliphatic heterocycles. The van der Waals surface area contributed by atoms with Gasteiger partial charge >= 0.3 is 0 Å². The third-order valence-electron chi connectivity index (χ3n) is 4.63. The first kappa shape index (κ1) is 18.9. The van der Waals surface area contributed by atoms with Crippen LogP contribution in [0.4, 0.5) is 5.13 Å². The Morgan fingerprint density at radius 3 is 2.83 bits per heavy atom. The molecular weight excluding hydrogens is 392 g/mol. The Bertz CT molecular complexity index is 1100. The van der Waals surface area contributed by atoms with Crippen LogP contribution in [0.25, 0.3) is 0 Å². The maximum atomic E-state index is 12.6. The number of thiazole rings is 1. The number of nitrogens with zero attached hydrogens (tertiary/aromatic N) is 2. The first-order chi connectivity index (χ1) is 14.0. The van der Waals surface area contributed by atoms with Crippen molar-refractivity contribution in [3.05, 3.63) is 64.1 Å². The van der Waals surface area contributed by atoms with E-state index in [-0.39, 0.29) is 23.0 Å². The number of anilines is 1. The molecule has 0 saturated carbocycles. The highest BCUT2D eigenvalue weighted by Gasteiger charge is 2.28. The standard InChI is InChI=1S/C20H18N4O4S/c1-11-16-13(23-24-18(26)12-5-2-3-7-14(12)25)6-4-8-15(16)28-17(11)19(27)22-20-21-9-10-29-20/h2-3,5,7,9-10,25H,4,6,8H2,1H3,(H,24,26)(H,21,22,27)/b23-13+. The lowest BCUT2D eigenvalue weighted by Gasteiger charge is -2.13. The molecule has 8 nitrogen and oxygen atoms in total. The van der Waals surface area contributed by atoms with Crippen LogP contribution in [0, 0.1) is 6.92 Å². The zero-order valence-corrected chi connectivity index (χ0v) is 16.4. The number of hydrogen-bond donors (Lipinski definition) is 3. The van der Waals surface area contributed by atoms with E-state index in [4.69, 9.17) is 4.42 Å². The number of hydrogen-bond acceptors (Lipinski definition) is 7. The fourth-order valence-corrected chi connectivity index (χ4v) is 3.80. The summed E-state index contributed by atoms with van der Waals surface area (Å²) in [6, 6.07) is 6.25. The maximum Gasteiger partial charge on any atom is 0.293 e. The molecule has 0 saturated heterocycles. The van der Waals surface area contributed by atoms with Crippen molar-refractivity contribution in [2.45, 2.75) is 26.2 Å². The van der Waals surface area contributed by atoms with Crippen molar-refractivity contribution < 1.29 is 19.1 Å². The van der Waals surface area contributed by atoms with E-state index >= 15 is 0 Å². The fraction of sp³-hybridized carbons (Fsp3) is 0.200. The Morgan fingerprint density at radius 2 is 2.07 bits per heavy atom. The highest BCUT2D eigenvalue weighted by Crippen LogP contribution is 2.30. The molecule has 1 aliphatic rings. The largest absolute Gasteiger partial charge is 0.507 e. The van der Waals surface area contributed by atoms with Crippen molar-refractivity contribution in [1.82, 2.24) is 10.4 Å². The van der Waals surface area contributed by atoms with Crippen LogP contribution in [0.15, 0.2) is 45.4 Å². The summed E-state index contributed by atoms with van der Waals surface area (Å²) in [5.74, 6) is -0.106. The molecule has 1 aliphatic carbocycles. The van der Waals surface area contributed by atoms with E-state index in [0.29, 0.717) is 35.0 Å². The van der Waals surface area contributed by atoms with Crippen LogP contribution < -0.4 is 10.7 Å².